The lowest BCUT2D eigenvalue weighted by Gasteiger charge is -2.15. The van der Waals surface area contributed by atoms with Gasteiger partial charge in [0.15, 0.2) is 17.5 Å². The van der Waals surface area contributed by atoms with Crippen LogP contribution < -0.4 is 0 Å². The van der Waals surface area contributed by atoms with E-state index >= 15 is 0 Å². The second-order valence-corrected chi connectivity index (χ2v) is 13.9. The molecule has 0 spiro atoms. The minimum absolute atomic E-state index is 0.566. The lowest BCUT2D eigenvalue weighted by molar-refractivity contribution is 1.07. The quantitative estimate of drug-likeness (QED) is 0.161. The lowest BCUT2D eigenvalue weighted by atomic mass is 9.93. The van der Waals surface area contributed by atoms with Gasteiger partial charge in [-0.3, -0.25) is 0 Å². The molecule has 56 heavy (non-hydrogen) atoms. The van der Waals surface area contributed by atoms with E-state index in [2.05, 4.69) is 152 Å². The molecule has 10 aromatic rings. The highest BCUT2D eigenvalue weighted by atomic mass is 15.0. The van der Waals surface area contributed by atoms with Crippen molar-refractivity contribution in [2.75, 3.05) is 0 Å². The molecule has 0 unspecified atom stereocenters. The summed E-state index contributed by atoms with van der Waals surface area (Å²) in [5.74, 6) is 1.74. The first-order valence-corrected chi connectivity index (χ1v) is 18.7. The Kier molecular flexibility index (Phi) is 8.17. The van der Waals surface area contributed by atoms with E-state index < -0.39 is 0 Å². The number of fused-ring (bicyclic) bond motifs is 6. The van der Waals surface area contributed by atoms with E-state index in [0.717, 1.165) is 55.5 Å². The number of aromatic nitrogens is 3. The fraction of sp³-hybridized carbons (Fsp3) is 0. The van der Waals surface area contributed by atoms with E-state index in [1.54, 1.807) is 0 Å². The van der Waals surface area contributed by atoms with Crippen LogP contribution in [-0.2, 0) is 0 Å². The molecular weight excluding hydrogens is 681 g/mol. The Balaban J connectivity index is 1.23. The standard InChI is InChI=1S/C52H32N4/c53-33-34-13-11-18-37(29-34)38-19-12-20-40(30-38)50-54-51(41-26-28-47-45-23-8-7-21-43(45)44-22-9-10-24-46(44)48(47)32-41)56-52(55-50)49-31-39(35-14-3-1-4-15-35)25-27-42(49)36-16-5-2-6-17-36/h1-32H. The maximum Gasteiger partial charge on any atom is 0.164 e. The van der Waals surface area contributed by atoms with E-state index in [0.29, 0.717) is 23.0 Å². The molecule has 0 saturated carbocycles. The van der Waals surface area contributed by atoms with Crippen LogP contribution in [0.2, 0.25) is 0 Å². The highest BCUT2D eigenvalue weighted by Crippen LogP contribution is 2.39. The first-order valence-electron chi connectivity index (χ1n) is 18.7. The van der Waals surface area contributed by atoms with Crippen LogP contribution in [0.15, 0.2) is 194 Å². The summed E-state index contributed by atoms with van der Waals surface area (Å²) in [5, 5.41) is 16.8. The second kappa shape index (κ2) is 13.9. The molecule has 10 rings (SSSR count). The molecule has 0 saturated heterocycles. The van der Waals surface area contributed by atoms with Crippen molar-refractivity contribution in [3.05, 3.63) is 200 Å². The summed E-state index contributed by atoms with van der Waals surface area (Å²) in [5.41, 5.74) is 9.52. The maximum absolute atomic E-state index is 9.62. The van der Waals surface area contributed by atoms with Gasteiger partial charge in [0.1, 0.15) is 0 Å². The Morgan fingerprint density at radius 3 is 1.41 bits per heavy atom. The third-order valence-electron chi connectivity index (χ3n) is 10.5. The number of hydrogen-bond acceptors (Lipinski definition) is 4. The van der Waals surface area contributed by atoms with Crippen molar-refractivity contribution >= 4 is 32.3 Å². The fourth-order valence-electron chi connectivity index (χ4n) is 7.82. The molecule has 260 valence electrons. The molecule has 0 aliphatic rings. The van der Waals surface area contributed by atoms with Crippen molar-refractivity contribution in [2.24, 2.45) is 0 Å². The van der Waals surface area contributed by atoms with Crippen LogP contribution in [0.3, 0.4) is 0 Å². The third-order valence-corrected chi connectivity index (χ3v) is 10.5. The molecule has 4 nitrogen and oxygen atoms in total. The first kappa shape index (κ1) is 32.9. The highest BCUT2D eigenvalue weighted by molar-refractivity contribution is 6.25. The van der Waals surface area contributed by atoms with Gasteiger partial charge in [0.2, 0.25) is 0 Å². The number of benzene rings is 9. The summed E-state index contributed by atoms with van der Waals surface area (Å²) in [4.78, 5) is 15.8. The summed E-state index contributed by atoms with van der Waals surface area (Å²) in [7, 11) is 0. The van der Waals surface area contributed by atoms with E-state index in [4.69, 9.17) is 15.0 Å². The average molecular weight is 713 g/mol. The van der Waals surface area contributed by atoms with Crippen LogP contribution in [0.4, 0.5) is 0 Å². The van der Waals surface area contributed by atoms with Gasteiger partial charge in [0, 0.05) is 16.7 Å². The van der Waals surface area contributed by atoms with Gasteiger partial charge < -0.3 is 0 Å². The van der Waals surface area contributed by atoms with Gasteiger partial charge in [-0.1, -0.05) is 164 Å². The average Bonchev–Trinajstić information content (AvgIpc) is 3.29. The number of hydrogen-bond donors (Lipinski definition) is 0. The van der Waals surface area contributed by atoms with Gasteiger partial charge in [-0.2, -0.15) is 5.26 Å². The Bertz CT molecular complexity index is 3110. The molecule has 0 radical (unpaired) electrons. The molecule has 1 heterocycles. The van der Waals surface area contributed by atoms with Gasteiger partial charge in [-0.25, -0.2) is 15.0 Å². The van der Waals surface area contributed by atoms with Crippen LogP contribution >= 0.6 is 0 Å². The first-order chi connectivity index (χ1) is 27.7. The molecule has 0 amide bonds. The molecular formula is C52H32N4. The number of rotatable bonds is 6. The number of nitriles is 1. The summed E-state index contributed by atoms with van der Waals surface area (Å²) in [6.45, 7) is 0. The normalized spacial score (nSPS) is 11.2. The molecule has 1 aromatic heterocycles. The molecule has 0 aliphatic heterocycles. The monoisotopic (exact) mass is 712 g/mol. The molecule has 0 aliphatic carbocycles. The SMILES string of the molecule is N#Cc1cccc(-c2cccc(-c3nc(-c4ccc5c6ccccc6c6ccccc6c5c4)nc(-c4cc(-c5ccccc5)ccc4-c4ccccc4)n3)c2)c1. The van der Waals surface area contributed by atoms with Gasteiger partial charge >= 0.3 is 0 Å². The van der Waals surface area contributed by atoms with Crippen molar-refractivity contribution in [1.29, 1.82) is 5.26 Å². The van der Waals surface area contributed by atoms with Crippen LogP contribution in [-0.4, -0.2) is 15.0 Å². The Morgan fingerprint density at radius 1 is 0.286 bits per heavy atom. The van der Waals surface area contributed by atoms with Crippen molar-refractivity contribution < 1.29 is 0 Å². The van der Waals surface area contributed by atoms with Gasteiger partial charge in [0.25, 0.3) is 0 Å². The predicted octanol–water partition coefficient (Wildman–Crippen LogP) is 13.2. The summed E-state index contributed by atoms with van der Waals surface area (Å²) in [6, 6.07) is 69.3. The predicted molar refractivity (Wildman–Crippen MR) is 230 cm³/mol. The molecule has 0 bridgehead atoms. The summed E-state index contributed by atoms with van der Waals surface area (Å²) >= 11 is 0. The van der Waals surface area contributed by atoms with Gasteiger partial charge in [-0.15, -0.1) is 0 Å². The van der Waals surface area contributed by atoms with Crippen molar-refractivity contribution in [3.63, 3.8) is 0 Å². The zero-order valence-corrected chi connectivity index (χ0v) is 30.3. The van der Waals surface area contributed by atoms with Crippen LogP contribution in [0.1, 0.15) is 5.56 Å². The minimum atomic E-state index is 0.566. The molecule has 9 aromatic carbocycles. The topological polar surface area (TPSA) is 62.5 Å². The van der Waals surface area contributed by atoms with Crippen LogP contribution in [0.5, 0.6) is 0 Å². The van der Waals surface area contributed by atoms with Crippen molar-refractivity contribution in [3.8, 4) is 73.6 Å². The molecule has 0 N–H and O–H groups in total. The van der Waals surface area contributed by atoms with Gasteiger partial charge in [0.05, 0.1) is 11.6 Å². The van der Waals surface area contributed by atoms with E-state index in [1.807, 2.05) is 48.5 Å². The Labute approximate surface area is 324 Å². The van der Waals surface area contributed by atoms with E-state index in [9.17, 15) is 5.26 Å². The smallest absolute Gasteiger partial charge is 0.164 e. The molecule has 0 atom stereocenters. The zero-order valence-electron chi connectivity index (χ0n) is 30.3. The fourth-order valence-corrected chi connectivity index (χ4v) is 7.82. The van der Waals surface area contributed by atoms with E-state index in [-0.39, 0.29) is 0 Å². The Morgan fingerprint density at radius 2 is 0.750 bits per heavy atom. The minimum Gasteiger partial charge on any atom is -0.208 e. The van der Waals surface area contributed by atoms with Crippen molar-refractivity contribution in [1.82, 2.24) is 15.0 Å². The number of nitrogens with zero attached hydrogens (tertiary/aromatic N) is 4. The van der Waals surface area contributed by atoms with Gasteiger partial charge in [-0.05, 0) is 96.0 Å². The largest absolute Gasteiger partial charge is 0.208 e. The van der Waals surface area contributed by atoms with Crippen LogP contribution in [0, 0.1) is 11.3 Å². The molecule has 4 heteroatoms. The third kappa shape index (κ3) is 5.94. The van der Waals surface area contributed by atoms with Crippen molar-refractivity contribution in [2.45, 2.75) is 0 Å². The maximum atomic E-state index is 9.62. The van der Waals surface area contributed by atoms with Crippen LogP contribution in [0.25, 0.3) is 99.9 Å². The molecule has 0 fully saturated rings. The van der Waals surface area contributed by atoms with E-state index in [1.165, 1.54) is 26.9 Å². The summed E-state index contributed by atoms with van der Waals surface area (Å²) < 4.78 is 0. The lowest BCUT2D eigenvalue weighted by Crippen LogP contribution is -2.01. The zero-order chi connectivity index (χ0) is 37.4. The second-order valence-electron chi connectivity index (χ2n) is 13.9. The summed E-state index contributed by atoms with van der Waals surface area (Å²) in [6.07, 6.45) is 0. The Hall–Kier alpha value is -7.74. The highest BCUT2D eigenvalue weighted by Gasteiger charge is 2.19.